The smallest absolute Gasteiger partial charge is 0.317 e. The fraction of sp³-hybridized carbons (Fsp3) is 0.922. The first-order valence-corrected chi connectivity index (χ1v) is 33.3. The van der Waals surface area contributed by atoms with Gasteiger partial charge in [-0.25, -0.2) is 0 Å². The van der Waals surface area contributed by atoms with Crippen molar-refractivity contribution in [3.8, 4) is 0 Å². The Kier molecular flexibility index (Phi) is 20.7. The van der Waals surface area contributed by atoms with E-state index < -0.39 is 268 Å². The third kappa shape index (κ3) is 12.7. The molecule has 95 heavy (non-hydrogen) atoms. The Labute approximate surface area is 549 Å². The van der Waals surface area contributed by atoms with Crippen molar-refractivity contribution in [2.24, 2.45) is 50.2 Å². The first-order valence-electron chi connectivity index (χ1n) is 33.3. The largest absolute Gasteiger partial charge is 0.463 e. The topological polar surface area (TPSA) is 486 Å². The third-order valence-corrected chi connectivity index (χ3v) is 24.3. The van der Waals surface area contributed by atoms with Gasteiger partial charge in [-0.15, -0.1) is 0 Å². The Balaban J connectivity index is 0.966. The fourth-order valence-corrected chi connectivity index (χ4v) is 18.8. The molecule has 0 amide bonds. The summed E-state index contributed by atoms with van der Waals surface area (Å²) in [6, 6.07) is 0. The number of hydrogen-bond donors (Lipinski definition) is 16. The van der Waals surface area contributed by atoms with Crippen LogP contribution in [0.2, 0.25) is 0 Å². The summed E-state index contributed by atoms with van der Waals surface area (Å²) in [6.45, 7) is 11.1. The normalized spacial score (nSPS) is 54.8. The van der Waals surface area contributed by atoms with Gasteiger partial charge in [0, 0.05) is 5.41 Å². The van der Waals surface area contributed by atoms with Crippen molar-refractivity contribution in [2.45, 2.75) is 285 Å². The van der Waals surface area contributed by atoms with Crippen LogP contribution in [0.1, 0.15) is 120 Å². The van der Waals surface area contributed by atoms with Gasteiger partial charge in [-0.3, -0.25) is 14.4 Å². The molecule has 0 aromatic rings. The van der Waals surface area contributed by atoms with Crippen molar-refractivity contribution in [2.75, 3.05) is 33.0 Å². The average Bonchev–Trinajstić information content (AvgIpc) is 0.670. The summed E-state index contributed by atoms with van der Waals surface area (Å²) in [5, 5.41) is 183. The van der Waals surface area contributed by atoms with Gasteiger partial charge in [0.2, 0.25) is 6.29 Å². The molecule has 5 aliphatic carbocycles. The van der Waals surface area contributed by atoms with E-state index in [-0.39, 0.29) is 30.6 Å². The van der Waals surface area contributed by atoms with Crippen LogP contribution in [0.3, 0.4) is 0 Å². The minimum atomic E-state index is -2.32. The van der Waals surface area contributed by atoms with Gasteiger partial charge in [-0.05, 0) is 105 Å². The number of ether oxygens (including phenoxy) is 12. The van der Waals surface area contributed by atoms with E-state index in [9.17, 15) is 91.3 Å². The molecule has 4 saturated carbocycles. The number of esters is 3. The van der Waals surface area contributed by atoms with Crippen LogP contribution in [-0.2, 0) is 71.2 Å². The molecule has 0 aromatic carbocycles. The molecule has 9 aliphatic heterocycles. The summed E-state index contributed by atoms with van der Waals surface area (Å²) in [5.74, 6) is -4.74. The second kappa shape index (κ2) is 26.8. The fourth-order valence-electron chi connectivity index (χ4n) is 18.8. The lowest BCUT2D eigenvalue weighted by atomic mass is 9.33. The van der Waals surface area contributed by atoms with Crippen molar-refractivity contribution < 1.29 is 153 Å². The van der Waals surface area contributed by atoms with Gasteiger partial charge in [0.05, 0.1) is 69.3 Å². The minimum Gasteiger partial charge on any atom is -0.463 e. The van der Waals surface area contributed by atoms with Gasteiger partial charge in [0.25, 0.3) is 0 Å². The molecule has 1 unspecified atom stereocenters. The predicted molar refractivity (Wildman–Crippen MR) is 314 cm³/mol. The van der Waals surface area contributed by atoms with Crippen LogP contribution in [0.15, 0.2) is 11.6 Å². The van der Waals surface area contributed by atoms with Crippen LogP contribution in [0, 0.1) is 50.2 Å². The number of rotatable bonds is 4. The Morgan fingerprint density at radius 2 is 1.22 bits per heavy atom. The molecule has 9 heterocycles. The molecule has 0 aromatic heterocycles. The van der Waals surface area contributed by atoms with Crippen molar-refractivity contribution >= 4 is 17.9 Å². The van der Waals surface area contributed by atoms with E-state index in [4.69, 9.17) is 56.8 Å². The summed E-state index contributed by atoms with van der Waals surface area (Å²) in [5.41, 5.74) is -7.04. The van der Waals surface area contributed by atoms with E-state index in [2.05, 4.69) is 40.7 Å². The molecule has 31 heteroatoms. The maximum atomic E-state index is 15.7. The SMILES string of the molecule is C[C@@H]1O[C@H]2O[C@H]3[C@@H](OC[C@H](O)[C@@H]3O)OC(=O)[C@]34CCC(C)(C)C[C@H]3C3=CC[C@@H]5[C@@]6(C)C[C@H](O)[C@H](O[C@@H]7O[C@H](CO)[C@@H](O)[C@H](O)[C@H]7O[C@@H]7O[C@H](COC(=O)C[C@](C)(O)CC(=O)O[C@@H]1[C@@H](O[C@@H]1OC[C@@H](O)[C@H](O)[C@H]1O)[C@H]2O)[C@@H](O)[C@H](O)[C@H]7O)C(C)(CO)[C@@H]6CC[C@@]5(C)[C@]3(C)C[C@H]4O. The van der Waals surface area contributed by atoms with Crippen LogP contribution in [-0.4, -0.2) is 298 Å². The van der Waals surface area contributed by atoms with Crippen molar-refractivity contribution in [3.05, 3.63) is 11.6 Å². The molecule has 0 radical (unpaired) electrons. The molecule has 16 N–H and O–H groups in total. The zero-order valence-corrected chi connectivity index (χ0v) is 54.7. The first kappa shape index (κ1) is 73.4. The van der Waals surface area contributed by atoms with Gasteiger partial charge in [0.15, 0.2) is 37.4 Å². The Morgan fingerprint density at radius 1 is 0.568 bits per heavy atom. The second-order valence-corrected chi connectivity index (χ2v) is 31.1. The van der Waals surface area contributed by atoms with E-state index in [1.54, 1.807) is 6.92 Å². The summed E-state index contributed by atoms with van der Waals surface area (Å²) in [6.07, 6.45) is -44.3. The van der Waals surface area contributed by atoms with E-state index in [0.717, 1.165) is 12.5 Å². The summed E-state index contributed by atoms with van der Waals surface area (Å²) >= 11 is 0. The van der Waals surface area contributed by atoms with E-state index >= 15 is 4.79 Å². The van der Waals surface area contributed by atoms with Gasteiger partial charge < -0.3 is 139 Å². The summed E-state index contributed by atoms with van der Waals surface area (Å²) < 4.78 is 72.1. The van der Waals surface area contributed by atoms with Crippen molar-refractivity contribution in [1.29, 1.82) is 0 Å². The summed E-state index contributed by atoms with van der Waals surface area (Å²) in [7, 11) is 0. The number of carbonyl (C=O) groups excluding carboxylic acids is 3. The lowest BCUT2D eigenvalue weighted by molar-refractivity contribution is -0.384. The molecule has 542 valence electrons. The Morgan fingerprint density at radius 3 is 1.91 bits per heavy atom. The highest BCUT2D eigenvalue weighted by Gasteiger charge is 2.73. The second-order valence-electron chi connectivity index (χ2n) is 31.1. The quantitative estimate of drug-likeness (QED) is 0.0547. The molecule has 31 nitrogen and oxygen atoms in total. The van der Waals surface area contributed by atoms with Crippen LogP contribution in [0.25, 0.3) is 0 Å². The molecule has 7 saturated heterocycles. The van der Waals surface area contributed by atoms with Gasteiger partial charge in [-0.1, -0.05) is 53.2 Å². The van der Waals surface area contributed by atoms with Crippen LogP contribution in [0.4, 0.5) is 0 Å². The molecule has 11 fully saturated rings. The monoisotopic (exact) mass is 1360 g/mol. The van der Waals surface area contributed by atoms with Gasteiger partial charge >= 0.3 is 17.9 Å². The molecule has 14 aliphatic rings. The van der Waals surface area contributed by atoms with E-state index in [1.165, 1.54) is 6.92 Å². The number of hydrogen-bond acceptors (Lipinski definition) is 31. The Hall–Kier alpha value is -2.85. The van der Waals surface area contributed by atoms with Crippen molar-refractivity contribution in [3.63, 3.8) is 0 Å². The lowest BCUT2D eigenvalue weighted by Gasteiger charge is -2.72. The van der Waals surface area contributed by atoms with Crippen LogP contribution < -0.4 is 0 Å². The molecule has 14 rings (SSSR count). The van der Waals surface area contributed by atoms with Crippen LogP contribution in [0.5, 0.6) is 0 Å². The zero-order valence-electron chi connectivity index (χ0n) is 54.7. The highest BCUT2D eigenvalue weighted by Crippen LogP contribution is 2.76. The number of aliphatic hydroxyl groups excluding tert-OH is 15. The average molecular weight is 1370 g/mol. The van der Waals surface area contributed by atoms with Gasteiger partial charge in [-0.2, -0.15) is 0 Å². The molecule has 35 atom stereocenters. The molecule has 1 spiro atoms. The zero-order chi connectivity index (χ0) is 69.4. The first-order chi connectivity index (χ1) is 44.4. The van der Waals surface area contributed by atoms with Crippen molar-refractivity contribution in [1.82, 2.24) is 0 Å². The molecule has 12 bridgehead atoms. The Bertz CT molecular complexity index is 2790. The maximum Gasteiger partial charge on any atom is 0.317 e. The predicted octanol–water partition coefficient (Wildman–Crippen LogP) is -4.34. The molecular weight excluding hydrogens is 1260 g/mol. The maximum absolute atomic E-state index is 15.7. The van der Waals surface area contributed by atoms with E-state index in [1.807, 2.05) is 0 Å². The highest BCUT2D eigenvalue weighted by atomic mass is 16.8. The van der Waals surface area contributed by atoms with E-state index in [0.29, 0.717) is 32.1 Å². The molecular formula is C64H100O31. The minimum absolute atomic E-state index is 0.0545. The number of allylic oxidation sites excluding steroid dienone is 2. The summed E-state index contributed by atoms with van der Waals surface area (Å²) in [4.78, 5) is 43.1. The standard InChI is InChI=1S/C64H100O31/c1-25-47-48(91-52-44(79)38(73)29(68)21-85-52)46(81)54(87-25)92-49-39(74)30(69)22-86-55(49)95-57(82)64-14-13-58(2,3)15-27(64)26-9-10-34-60(5)16-28(67)51(61(6,24-66)33(60)11-12-62(34,7)63(26,8)17-35(64)70)94-56-50(43(78)40(75)31(20-65)88-56)93-53-45(80)42(77)41(76)32(89-53)23-84-36(71)18-59(4,83)19-37(72)90-47/h9,25,27-35,38-56,65-70,73-81,83H,10-24H2,1-8H3/t25-,27-,28-,29+,30-,31+,32+,33+,34+,35+,38-,39-,40+,41+,42-,43-,44+,45+,46+,47-,48-,49+,50+,51-,52-,53-,54-,55-,56-,59-,60-,61?,62+,63+,64+/m0/s1. The van der Waals surface area contributed by atoms with Gasteiger partial charge in [0.1, 0.15) is 104 Å². The number of aliphatic hydroxyl groups is 16. The number of carbonyl (C=O) groups is 3. The third-order valence-electron chi connectivity index (χ3n) is 24.3. The van der Waals surface area contributed by atoms with Crippen LogP contribution >= 0.6 is 0 Å². The lowest BCUT2D eigenvalue weighted by Crippen LogP contribution is -2.71. The highest BCUT2D eigenvalue weighted by molar-refractivity contribution is 5.80.